The quantitative estimate of drug-likeness (QED) is 0.211. The third-order valence-electron chi connectivity index (χ3n) is 11.1. The lowest BCUT2D eigenvalue weighted by Gasteiger charge is -2.51. The Bertz CT molecular complexity index is 1480. The maximum atomic E-state index is 4.59. The monoisotopic (exact) mass is 611 g/mol. The Kier molecular flexibility index (Phi) is 7.90. The number of hydrogen-bond donors (Lipinski definition) is 0. The molecule has 0 amide bonds. The first-order valence-corrected chi connectivity index (χ1v) is 24.5. The van der Waals surface area contributed by atoms with E-state index in [1.807, 2.05) is 12.4 Å². The number of aromatic nitrogens is 1. The van der Waals surface area contributed by atoms with Gasteiger partial charge in [-0.2, -0.15) is 0 Å². The molecule has 0 spiro atoms. The van der Waals surface area contributed by atoms with Crippen LogP contribution in [0.1, 0.15) is 75.3 Å². The molecule has 0 aromatic carbocycles. The van der Waals surface area contributed by atoms with Gasteiger partial charge >= 0.3 is 0 Å². The zero-order chi connectivity index (χ0) is 30.6. The highest BCUT2D eigenvalue weighted by Crippen LogP contribution is 2.58. The van der Waals surface area contributed by atoms with Gasteiger partial charge in [-0.3, -0.25) is 4.98 Å². The van der Waals surface area contributed by atoms with Crippen molar-refractivity contribution in [1.82, 2.24) is 4.98 Å². The Hall–Kier alpha value is -2.70. The number of allylic oxidation sites excluding steroid dienone is 4. The third kappa shape index (κ3) is 6.62. The van der Waals surface area contributed by atoms with Gasteiger partial charge in [0, 0.05) is 23.5 Å². The average Bonchev–Trinajstić information content (AvgIpc) is 2.93. The van der Waals surface area contributed by atoms with Crippen LogP contribution in [0.15, 0.2) is 40.8 Å². The molecular formula is C41H49NSi2. The summed E-state index contributed by atoms with van der Waals surface area (Å²) < 4.78 is 0. The van der Waals surface area contributed by atoms with E-state index in [9.17, 15) is 0 Å². The molecule has 226 valence electrons. The molecule has 1 nitrogen and oxygen atoms in total. The van der Waals surface area contributed by atoms with Gasteiger partial charge in [0.1, 0.15) is 16.1 Å². The second-order valence-corrected chi connectivity index (χ2v) is 26.7. The highest BCUT2D eigenvalue weighted by atomic mass is 28.3. The van der Waals surface area contributed by atoms with Crippen LogP contribution in [0.25, 0.3) is 0 Å². The van der Waals surface area contributed by atoms with Crippen LogP contribution in [0, 0.1) is 94.0 Å². The summed E-state index contributed by atoms with van der Waals surface area (Å²) >= 11 is 0. The predicted octanol–water partition coefficient (Wildman–Crippen LogP) is 9.05. The van der Waals surface area contributed by atoms with Crippen molar-refractivity contribution in [2.45, 2.75) is 103 Å². The molecule has 0 saturated heterocycles. The molecule has 8 bridgehead atoms. The maximum absolute atomic E-state index is 4.59. The topological polar surface area (TPSA) is 12.9 Å². The number of hydrogen-bond acceptors (Lipinski definition) is 1. The van der Waals surface area contributed by atoms with E-state index in [4.69, 9.17) is 0 Å². The molecule has 9 rings (SSSR count). The standard InChI is InChI=1S/C41H49NSi2/c1-43(2,3)13-11-34(40-36-18-30-16-31(20-36)21-37(40)19-30)9-7-28-15-29(27-42-26-28)8-10-35(12-14-44(4,5)6)41-38-22-32-17-33(24-38)25-39(41)23-32/h15,26-27,30-33,36-39H,16-25H2,1-6H3. The highest BCUT2D eigenvalue weighted by Gasteiger charge is 2.47. The zero-order valence-corrected chi connectivity index (χ0v) is 29.9. The zero-order valence-electron chi connectivity index (χ0n) is 27.9. The van der Waals surface area contributed by atoms with E-state index in [-0.39, 0.29) is 0 Å². The van der Waals surface area contributed by atoms with Gasteiger partial charge in [0.2, 0.25) is 0 Å². The lowest BCUT2D eigenvalue weighted by atomic mass is 9.53. The van der Waals surface area contributed by atoms with E-state index in [0.717, 1.165) is 45.9 Å². The molecule has 0 atom stereocenters. The van der Waals surface area contributed by atoms with Gasteiger partial charge in [0.05, 0.1) is 11.1 Å². The third-order valence-corrected chi connectivity index (χ3v) is 12.9. The van der Waals surface area contributed by atoms with Crippen LogP contribution >= 0.6 is 0 Å². The largest absolute Gasteiger partial charge is 0.262 e. The van der Waals surface area contributed by atoms with E-state index in [2.05, 4.69) is 96.9 Å². The summed E-state index contributed by atoms with van der Waals surface area (Å²) in [5.74, 6) is 28.1. The van der Waals surface area contributed by atoms with E-state index in [1.54, 1.807) is 11.1 Å². The van der Waals surface area contributed by atoms with Crippen molar-refractivity contribution < 1.29 is 0 Å². The molecule has 8 aliphatic carbocycles. The van der Waals surface area contributed by atoms with Gasteiger partial charge in [-0.1, -0.05) is 74.8 Å². The van der Waals surface area contributed by atoms with Gasteiger partial charge in [0.25, 0.3) is 0 Å². The fourth-order valence-electron chi connectivity index (χ4n) is 9.90. The second kappa shape index (κ2) is 11.6. The van der Waals surface area contributed by atoms with Crippen LogP contribution < -0.4 is 0 Å². The summed E-state index contributed by atoms with van der Waals surface area (Å²) in [7, 11) is -3.03. The van der Waals surface area contributed by atoms with Crippen molar-refractivity contribution in [2.75, 3.05) is 0 Å². The van der Waals surface area contributed by atoms with Crippen molar-refractivity contribution in [3.8, 4) is 46.6 Å². The Labute approximate surface area is 269 Å². The Morgan fingerprint density at radius 3 is 1.18 bits per heavy atom. The normalized spacial score (nSPS) is 32.4. The number of rotatable bonds is 0. The van der Waals surface area contributed by atoms with Crippen LogP contribution in [-0.2, 0) is 0 Å². The van der Waals surface area contributed by atoms with Crippen LogP contribution in [0.2, 0.25) is 39.3 Å². The predicted molar refractivity (Wildman–Crippen MR) is 188 cm³/mol. The molecule has 1 aromatic heterocycles. The highest BCUT2D eigenvalue weighted by molar-refractivity contribution is 6.84. The minimum absolute atomic E-state index is 0.704. The molecule has 0 unspecified atom stereocenters. The van der Waals surface area contributed by atoms with E-state index in [1.165, 1.54) is 64.2 Å². The van der Waals surface area contributed by atoms with Gasteiger partial charge < -0.3 is 0 Å². The first-order chi connectivity index (χ1) is 21.0. The van der Waals surface area contributed by atoms with E-state index in [0.29, 0.717) is 23.7 Å². The van der Waals surface area contributed by atoms with Crippen molar-refractivity contribution in [2.24, 2.45) is 47.3 Å². The summed E-state index contributed by atoms with van der Waals surface area (Å²) in [5, 5.41) is 0. The van der Waals surface area contributed by atoms with Crippen LogP contribution in [-0.4, -0.2) is 21.1 Å². The molecule has 0 aliphatic heterocycles. The van der Waals surface area contributed by atoms with E-state index >= 15 is 0 Å². The van der Waals surface area contributed by atoms with E-state index < -0.39 is 16.1 Å². The fraction of sp³-hybridized carbons (Fsp3) is 0.585. The lowest BCUT2D eigenvalue weighted by molar-refractivity contribution is 0.0691. The summed E-state index contributed by atoms with van der Waals surface area (Å²) in [6.45, 7) is 14.0. The Morgan fingerprint density at radius 2 is 0.864 bits per heavy atom. The van der Waals surface area contributed by atoms with Crippen LogP contribution in [0.4, 0.5) is 0 Å². The van der Waals surface area contributed by atoms with Crippen LogP contribution in [0.5, 0.6) is 0 Å². The van der Waals surface area contributed by atoms with Crippen LogP contribution in [0.3, 0.4) is 0 Å². The molecule has 8 fully saturated rings. The average molecular weight is 612 g/mol. The molecular weight excluding hydrogens is 563 g/mol. The second-order valence-electron chi connectivity index (χ2n) is 17.2. The minimum Gasteiger partial charge on any atom is -0.262 e. The Morgan fingerprint density at radius 1 is 0.523 bits per heavy atom. The first-order valence-electron chi connectivity index (χ1n) is 17.5. The van der Waals surface area contributed by atoms with Gasteiger partial charge in [0.15, 0.2) is 0 Å². The molecule has 3 heteroatoms. The van der Waals surface area contributed by atoms with Crippen molar-refractivity contribution in [3.05, 3.63) is 51.9 Å². The minimum atomic E-state index is -1.51. The molecule has 1 heterocycles. The fourth-order valence-corrected chi connectivity index (χ4v) is 10.9. The summed E-state index contributed by atoms with van der Waals surface area (Å²) in [4.78, 5) is 4.59. The molecule has 8 aliphatic rings. The Balaban J connectivity index is 1.21. The van der Waals surface area contributed by atoms with Crippen molar-refractivity contribution in [1.29, 1.82) is 0 Å². The molecule has 8 saturated carbocycles. The molecule has 1 aromatic rings. The summed E-state index contributed by atoms with van der Waals surface area (Å²) in [6.07, 6.45) is 17.6. The molecule has 44 heavy (non-hydrogen) atoms. The van der Waals surface area contributed by atoms with Crippen molar-refractivity contribution in [3.63, 3.8) is 0 Å². The smallest absolute Gasteiger partial charge is 0.129 e. The number of nitrogens with zero attached hydrogens (tertiary/aromatic N) is 1. The number of pyridine rings is 1. The SMILES string of the molecule is C[Si](C)(C)C#CC(C#Cc1cncc(C#CC(C#C[Si](C)(C)C)=C2C3CC4CC(C3)CC2C4)c1)=C1C2CC3CC(C2)CC1C3. The lowest BCUT2D eigenvalue weighted by Crippen LogP contribution is -2.40. The van der Waals surface area contributed by atoms with Gasteiger partial charge in [-0.25, -0.2) is 0 Å². The molecule has 0 radical (unpaired) electrons. The van der Waals surface area contributed by atoms with Gasteiger partial charge in [-0.15, -0.1) is 11.1 Å². The summed E-state index contributed by atoms with van der Waals surface area (Å²) in [5.41, 5.74) is 14.7. The van der Waals surface area contributed by atoms with Gasteiger partial charge in [-0.05, 0) is 129 Å². The first kappa shape index (κ1) is 30.0. The summed E-state index contributed by atoms with van der Waals surface area (Å²) in [6, 6.07) is 2.13. The molecule has 0 N–H and O–H groups in total. The van der Waals surface area contributed by atoms with Crippen molar-refractivity contribution >= 4 is 16.1 Å². The maximum Gasteiger partial charge on any atom is 0.129 e.